The Morgan fingerprint density at radius 3 is 2.29 bits per heavy atom. The molecule has 0 N–H and O–H groups in total. The largest absolute Gasteiger partial charge is 0.493 e. The van der Waals surface area contributed by atoms with Crippen LogP contribution in [0, 0.1) is 5.92 Å². The van der Waals surface area contributed by atoms with Gasteiger partial charge in [0, 0.05) is 12.6 Å². The second-order valence-corrected chi connectivity index (χ2v) is 6.19. The van der Waals surface area contributed by atoms with Crippen molar-refractivity contribution < 1.29 is 9.47 Å². The van der Waals surface area contributed by atoms with Crippen molar-refractivity contribution in [1.82, 2.24) is 4.90 Å². The lowest BCUT2D eigenvalue weighted by Gasteiger charge is -2.34. The van der Waals surface area contributed by atoms with Gasteiger partial charge in [-0.3, -0.25) is 4.90 Å². The van der Waals surface area contributed by atoms with E-state index in [-0.39, 0.29) is 0 Å². The maximum atomic E-state index is 5.39. The fourth-order valence-corrected chi connectivity index (χ4v) is 3.39. The molecule has 1 saturated carbocycles. The molecule has 0 heterocycles. The molecule has 3 nitrogen and oxygen atoms in total. The van der Waals surface area contributed by atoms with Gasteiger partial charge in [-0.2, -0.15) is 0 Å². The Kier molecular flexibility index (Phi) is 5.92. The van der Waals surface area contributed by atoms with Crippen molar-refractivity contribution in [2.75, 3.05) is 21.3 Å². The summed E-state index contributed by atoms with van der Waals surface area (Å²) in [5.74, 6) is 2.57. The Balaban J connectivity index is 1.95. The van der Waals surface area contributed by atoms with Crippen molar-refractivity contribution in [3.8, 4) is 11.5 Å². The smallest absolute Gasteiger partial charge is 0.161 e. The highest BCUT2D eigenvalue weighted by molar-refractivity contribution is 5.42. The summed E-state index contributed by atoms with van der Waals surface area (Å²) >= 11 is 0. The molecule has 0 spiro atoms. The van der Waals surface area contributed by atoms with Crippen LogP contribution in [0.4, 0.5) is 0 Å². The predicted octanol–water partition coefficient (Wildman–Crippen LogP) is 4.10. The Bertz CT molecular complexity index is 439. The number of hydrogen-bond donors (Lipinski definition) is 0. The summed E-state index contributed by atoms with van der Waals surface area (Å²) in [6.45, 7) is 3.29. The first-order valence-corrected chi connectivity index (χ1v) is 8.09. The minimum atomic E-state index is 0.723. The van der Waals surface area contributed by atoms with Gasteiger partial charge >= 0.3 is 0 Å². The van der Waals surface area contributed by atoms with Crippen molar-refractivity contribution in [1.29, 1.82) is 0 Å². The average Bonchev–Trinajstić information content (AvgIpc) is 2.54. The van der Waals surface area contributed by atoms with E-state index in [1.165, 1.54) is 37.7 Å². The van der Waals surface area contributed by atoms with E-state index in [1.54, 1.807) is 14.2 Å². The molecular weight excluding hydrogens is 262 g/mol. The third-order valence-corrected chi connectivity index (χ3v) is 4.90. The molecule has 0 radical (unpaired) electrons. The number of ether oxygens (including phenoxy) is 2. The van der Waals surface area contributed by atoms with E-state index in [1.807, 2.05) is 6.07 Å². The van der Waals surface area contributed by atoms with Crippen molar-refractivity contribution in [3.63, 3.8) is 0 Å². The van der Waals surface area contributed by atoms with Gasteiger partial charge in [-0.1, -0.05) is 19.4 Å². The summed E-state index contributed by atoms with van der Waals surface area (Å²) in [6, 6.07) is 6.94. The zero-order valence-electron chi connectivity index (χ0n) is 13.9. The molecule has 1 aromatic carbocycles. The molecule has 1 aliphatic rings. The number of benzene rings is 1. The summed E-state index contributed by atoms with van der Waals surface area (Å²) in [7, 11) is 5.61. The van der Waals surface area contributed by atoms with Gasteiger partial charge in [0.15, 0.2) is 11.5 Å². The van der Waals surface area contributed by atoms with Gasteiger partial charge in [-0.15, -0.1) is 0 Å². The fourth-order valence-electron chi connectivity index (χ4n) is 3.39. The van der Waals surface area contributed by atoms with E-state index in [2.05, 4.69) is 31.0 Å². The second kappa shape index (κ2) is 7.69. The third-order valence-electron chi connectivity index (χ3n) is 4.90. The van der Waals surface area contributed by atoms with Crippen LogP contribution in [-0.4, -0.2) is 32.2 Å². The first-order valence-electron chi connectivity index (χ1n) is 8.09. The highest BCUT2D eigenvalue weighted by Gasteiger charge is 2.23. The molecular formula is C18H29NO2. The molecule has 0 aromatic heterocycles. The molecule has 118 valence electrons. The van der Waals surface area contributed by atoms with E-state index in [0.29, 0.717) is 0 Å². The molecule has 1 aliphatic carbocycles. The van der Waals surface area contributed by atoms with Gasteiger partial charge in [0.2, 0.25) is 0 Å². The second-order valence-electron chi connectivity index (χ2n) is 6.19. The van der Waals surface area contributed by atoms with E-state index in [0.717, 1.165) is 30.0 Å². The first-order chi connectivity index (χ1) is 10.2. The highest BCUT2D eigenvalue weighted by atomic mass is 16.5. The van der Waals surface area contributed by atoms with Gasteiger partial charge in [0.1, 0.15) is 0 Å². The molecule has 0 unspecified atom stereocenters. The minimum absolute atomic E-state index is 0.723. The van der Waals surface area contributed by atoms with Gasteiger partial charge in [0.25, 0.3) is 0 Å². The average molecular weight is 291 g/mol. The summed E-state index contributed by atoms with van der Waals surface area (Å²) in [6.07, 6.45) is 6.78. The number of rotatable bonds is 6. The molecule has 0 saturated heterocycles. The van der Waals surface area contributed by atoms with E-state index in [4.69, 9.17) is 9.47 Å². The summed E-state index contributed by atoms with van der Waals surface area (Å²) < 4.78 is 10.7. The maximum absolute atomic E-state index is 5.39. The van der Waals surface area contributed by atoms with Gasteiger partial charge in [-0.05, 0) is 56.3 Å². The molecule has 0 bridgehead atoms. The van der Waals surface area contributed by atoms with Gasteiger partial charge < -0.3 is 9.47 Å². The van der Waals surface area contributed by atoms with Crippen molar-refractivity contribution in [2.45, 2.75) is 51.6 Å². The molecule has 3 heteroatoms. The number of hydrogen-bond acceptors (Lipinski definition) is 3. The lowest BCUT2D eigenvalue weighted by molar-refractivity contribution is 0.157. The summed E-state index contributed by atoms with van der Waals surface area (Å²) in [5.41, 5.74) is 1.28. The van der Waals surface area contributed by atoms with Crippen LogP contribution in [0.1, 0.15) is 44.6 Å². The van der Waals surface area contributed by atoms with Crippen LogP contribution in [0.5, 0.6) is 11.5 Å². The Hall–Kier alpha value is -1.22. The minimum Gasteiger partial charge on any atom is -0.493 e. The lowest BCUT2D eigenvalue weighted by Crippen LogP contribution is -2.34. The zero-order valence-corrected chi connectivity index (χ0v) is 13.9. The van der Waals surface area contributed by atoms with Crippen molar-refractivity contribution in [2.24, 2.45) is 5.92 Å². The van der Waals surface area contributed by atoms with Crippen LogP contribution in [-0.2, 0) is 6.54 Å². The monoisotopic (exact) mass is 291 g/mol. The molecule has 1 aromatic rings. The lowest BCUT2D eigenvalue weighted by atomic mass is 9.84. The van der Waals surface area contributed by atoms with E-state index in [9.17, 15) is 0 Å². The van der Waals surface area contributed by atoms with Crippen LogP contribution in [0.2, 0.25) is 0 Å². The Morgan fingerprint density at radius 1 is 1.05 bits per heavy atom. The maximum Gasteiger partial charge on any atom is 0.161 e. The molecule has 1 fully saturated rings. The van der Waals surface area contributed by atoms with Crippen molar-refractivity contribution in [3.05, 3.63) is 23.8 Å². The van der Waals surface area contributed by atoms with Gasteiger partial charge in [-0.25, -0.2) is 0 Å². The standard InChI is InChI=1S/C18H29NO2/c1-5-14-6-9-16(10-7-14)19(2)13-15-8-11-17(20-3)18(12-15)21-4/h8,11-12,14,16H,5-7,9-10,13H2,1-4H3. The van der Waals surface area contributed by atoms with Crippen LogP contribution in [0.3, 0.4) is 0 Å². The molecule has 0 aliphatic heterocycles. The third kappa shape index (κ3) is 4.13. The summed E-state index contributed by atoms with van der Waals surface area (Å²) in [5, 5.41) is 0. The fraction of sp³-hybridized carbons (Fsp3) is 0.667. The molecule has 21 heavy (non-hydrogen) atoms. The topological polar surface area (TPSA) is 21.7 Å². The van der Waals surface area contributed by atoms with Crippen LogP contribution >= 0.6 is 0 Å². The molecule has 0 atom stereocenters. The SMILES string of the molecule is CCC1CCC(N(C)Cc2ccc(OC)c(OC)c2)CC1. The van der Waals surface area contributed by atoms with Crippen LogP contribution in [0.25, 0.3) is 0 Å². The number of nitrogens with zero attached hydrogens (tertiary/aromatic N) is 1. The first kappa shape index (κ1) is 16.2. The van der Waals surface area contributed by atoms with Gasteiger partial charge in [0.05, 0.1) is 14.2 Å². The Morgan fingerprint density at radius 2 is 1.71 bits per heavy atom. The van der Waals surface area contributed by atoms with E-state index >= 15 is 0 Å². The van der Waals surface area contributed by atoms with E-state index < -0.39 is 0 Å². The normalized spacial score (nSPS) is 22.3. The zero-order chi connectivity index (χ0) is 15.2. The summed E-state index contributed by atoms with van der Waals surface area (Å²) in [4.78, 5) is 2.49. The Labute approximate surface area is 129 Å². The molecule has 2 rings (SSSR count). The quantitative estimate of drug-likeness (QED) is 0.787. The van der Waals surface area contributed by atoms with Crippen molar-refractivity contribution >= 4 is 0 Å². The number of methoxy groups -OCH3 is 2. The highest BCUT2D eigenvalue weighted by Crippen LogP contribution is 2.31. The predicted molar refractivity (Wildman–Crippen MR) is 87.1 cm³/mol. The molecule has 0 amide bonds. The van der Waals surface area contributed by atoms with Crippen LogP contribution in [0.15, 0.2) is 18.2 Å². The van der Waals surface area contributed by atoms with Crippen LogP contribution < -0.4 is 9.47 Å².